The van der Waals surface area contributed by atoms with Gasteiger partial charge < -0.3 is 4.90 Å². The van der Waals surface area contributed by atoms with Crippen molar-refractivity contribution >= 4 is 39.1 Å². The van der Waals surface area contributed by atoms with E-state index in [4.69, 9.17) is 11.6 Å². The second-order valence-electron chi connectivity index (χ2n) is 5.45. The van der Waals surface area contributed by atoms with Gasteiger partial charge in [-0.15, -0.1) is 11.3 Å². The number of hydrogen-bond donors (Lipinski definition) is 0. The quantitative estimate of drug-likeness (QED) is 0.680. The van der Waals surface area contributed by atoms with E-state index in [2.05, 4.69) is 11.1 Å². The molecule has 23 heavy (non-hydrogen) atoms. The maximum absolute atomic E-state index is 12.3. The minimum atomic E-state index is 0.124. The number of aryl methyl sites for hydroxylation is 1. The van der Waals surface area contributed by atoms with E-state index in [9.17, 15) is 4.79 Å². The van der Waals surface area contributed by atoms with E-state index in [-0.39, 0.29) is 5.91 Å². The van der Waals surface area contributed by atoms with Crippen LogP contribution < -0.4 is 0 Å². The standard InChI is InChI=1S/C18H17ClN2OS/c1-21(12-13-6-8-14(19)9-7-13)18(22)11-10-17-20-15-4-2-3-5-16(15)23-17/h2-9H,10-12H2,1H3. The highest BCUT2D eigenvalue weighted by atomic mass is 35.5. The average molecular weight is 345 g/mol. The third-order valence-electron chi connectivity index (χ3n) is 3.65. The Morgan fingerprint density at radius 2 is 1.91 bits per heavy atom. The lowest BCUT2D eigenvalue weighted by atomic mass is 10.2. The first kappa shape index (κ1) is 16.0. The van der Waals surface area contributed by atoms with Crippen molar-refractivity contribution in [2.45, 2.75) is 19.4 Å². The van der Waals surface area contributed by atoms with Crippen LogP contribution in [-0.4, -0.2) is 22.8 Å². The van der Waals surface area contributed by atoms with Crippen molar-refractivity contribution in [1.82, 2.24) is 9.88 Å². The highest BCUT2D eigenvalue weighted by molar-refractivity contribution is 7.18. The summed E-state index contributed by atoms with van der Waals surface area (Å²) in [5, 5.41) is 1.72. The Balaban J connectivity index is 1.56. The van der Waals surface area contributed by atoms with E-state index in [1.807, 2.05) is 49.5 Å². The van der Waals surface area contributed by atoms with Gasteiger partial charge >= 0.3 is 0 Å². The lowest BCUT2D eigenvalue weighted by Gasteiger charge is -2.17. The third-order valence-corrected chi connectivity index (χ3v) is 5.00. The number of para-hydroxylation sites is 1. The number of nitrogens with zero attached hydrogens (tertiary/aromatic N) is 2. The number of halogens is 1. The zero-order chi connectivity index (χ0) is 16.2. The Morgan fingerprint density at radius 3 is 2.65 bits per heavy atom. The number of amides is 1. The summed E-state index contributed by atoms with van der Waals surface area (Å²) in [6, 6.07) is 15.6. The maximum Gasteiger partial charge on any atom is 0.223 e. The summed E-state index contributed by atoms with van der Waals surface area (Å²) < 4.78 is 1.17. The number of carbonyl (C=O) groups excluding carboxylic acids is 1. The first-order chi connectivity index (χ1) is 11.1. The molecule has 0 unspecified atom stereocenters. The maximum atomic E-state index is 12.3. The lowest BCUT2D eigenvalue weighted by molar-refractivity contribution is -0.130. The molecule has 3 aromatic rings. The predicted molar refractivity (Wildman–Crippen MR) is 95.9 cm³/mol. The molecular formula is C18H17ClN2OS. The van der Waals surface area contributed by atoms with Gasteiger partial charge in [-0.25, -0.2) is 4.98 Å². The second-order valence-corrected chi connectivity index (χ2v) is 7.00. The first-order valence-corrected chi connectivity index (χ1v) is 8.64. The molecular weight excluding hydrogens is 328 g/mol. The van der Waals surface area contributed by atoms with Gasteiger partial charge in [0.15, 0.2) is 0 Å². The van der Waals surface area contributed by atoms with Crippen LogP contribution in [-0.2, 0) is 17.8 Å². The Labute approximate surface area is 144 Å². The Bertz CT molecular complexity index is 780. The van der Waals surface area contributed by atoms with E-state index >= 15 is 0 Å². The summed E-state index contributed by atoms with van der Waals surface area (Å²) in [4.78, 5) is 18.6. The van der Waals surface area contributed by atoms with Crippen molar-refractivity contribution in [3.05, 3.63) is 64.1 Å². The molecule has 5 heteroatoms. The summed E-state index contributed by atoms with van der Waals surface area (Å²) >= 11 is 7.54. The molecule has 0 aliphatic rings. The van der Waals surface area contributed by atoms with Crippen LogP contribution in [0.4, 0.5) is 0 Å². The second kappa shape index (κ2) is 7.11. The fourth-order valence-electron chi connectivity index (χ4n) is 2.38. The van der Waals surface area contributed by atoms with Crippen molar-refractivity contribution < 1.29 is 4.79 Å². The molecule has 118 valence electrons. The molecule has 2 aromatic carbocycles. The molecule has 3 rings (SSSR count). The van der Waals surface area contributed by atoms with Gasteiger partial charge in [-0.2, -0.15) is 0 Å². The van der Waals surface area contributed by atoms with Gasteiger partial charge in [0, 0.05) is 31.5 Å². The van der Waals surface area contributed by atoms with Crippen LogP contribution in [0.2, 0.25) is 5.02 Å². The number of benzene rings is 2. The third kappa shape index (κ3) is 4.09. The topological polar surface area (TPSA) is 33.2 Å². The molecule has 0 fully saturated rings. The van der Waals surface area contributed by atoms with Crippen molar-refractivity contribution in [2.75, 3.05) is 7.05 Å². The highest BCUT2D eigenvalue weighted by Gasteiger charge is 2.11. The van der Waals surface area contributed by atoms with Crippen LogP contribution in [0.5, 0.6) is 0 Å². The summed E-state index contributed by atoms with van der Waals surface area (Å²) in [7, 11) is 1.83. The molecule has 0 spiro atoms. The summed E-state index contributed by atoms with van der Waals surface area (Å²) in [6.45, 7) is 0.593. The Kier molecular flexibility index (Phi) is 4.94. The molecule has 0 aliphatic carbocycles. The van der Waals surface area contributed by atoms with Gasteiger partial charge in [-0.1, -0.05) is 35.9 Å². The number of rotatable bonds is 5. The lowest BCUT2D eigenvalue weighted by Crippen LogP contribution is -2.26. The average Bonchev–Trinajstić information content (AvgIpc) is 2.97. The SMILES string of the molecule is CN(Cc1ccc(Cl)cc1)C(=O)CCc1nc2ccccc2s1. The fraction of sp³-hybridized carbons (Fsp3) is 0.222. The Hall–Kier alpha value is -1.91. The molecule has 1 amide bonds. The summed E-state index contributed by atoms with van der Waals surface area (Å²) in [6.07, 6.45) is 1.16. The number of thiazole rings is 1. The zero-order valence-corrected chi connectivity index (χ0v) is 14.4. The highest BCUT2D eigenvalue weighted by Crippen LogP contribution is 2.22. The van der Waals surface area contributed by atoms with E-state index in [0.29, 0.717) is 24.4 Å². The van der Waals surface area contributed by atoms with Crippen LogP contribution in [0, 0.1) is 0 Å². The Morgan fingerprint density at radius 1 is 1.17 bits per heavy atom. The van der Waals surface area contributed by atoms with Crippen molar-refractivity contribution in [1.29, 1.82) is 0 Å². The van der Waals surface area contributed by atoms with Gasteiger partial charge in [0.2, 0.25) is 5.91 Å². The molecule has 0 aliphatic heterocycles. The van der Waals surface area contributed by atoms with Crippen molar-refractivity contribution in [3.8, 4) is 0 Å². The van der Waals surface area contributed by atoms with Crippen LogP contribution in [0.3, 0.4) is 0 Å². The van der Waals surface area contributed by atoms with Gasteiger partial charge in [0.05, 0.1) is 15.2 Å². The summed E-state index contributed by atoms with van der Waals surface area (Å²) in [5.74, 6) is 0.124. The van der Waals surface area contributed by atoms with Crippen LogP contribution in [0.25, 0.3) is 10.2 Å². The molecule has 0 saturated heterocycles. The van der Waals surface area contributed by atoms with Crippen molar-refractivity contribution in [3.63, 3.8) is 0 Å². The molecule has 1 aromatic heterocycles. The monoisotopic (exact) mass is 344 g/mol. The van der Waals surface area contributed by atoms with E-state index in [1.165, 1.54) is 4.70 Å². The van der Waals surface area contributed by atoms with E-state index < -0.39 is 0 Å². The minimum absolute atomic E-state index is 0.124. The smallest absolute Gasteiger partial charge is 0.223 e. The van der Waals surface area contributed by atoms with E-state index in [0.717, 1.165) is 16.1 Å². The number of aromatic nitrogens is 1. The first-order valence-electron chi connectivity index (χ1n) is 7.44. The van der Waals surface area contributed by atoms with Gasteiger partial charge in [-0.05, 0) is 29.8 Å². The fourth-order valence-corrected chi connectivity index (χ4v) is 3.48. The molecule has 0 saturated carbocycles. The number of carbonyl (C=O) groups is 1. The number of hydrogen-bond acceptors (Lipinski definition) is 3. The number of fused-ring (bicyclic) bond motifs is 1. The van der Waals surface area contributed by atoms with Crippen LogP contribution in [0.1, 0.15) is 17.0 Å². The normalized spacial score (nSPS) is 10.9. The minimum Gasteiger partial charge on any atom is -0.341 e. The van der Waals surface area contributed by atoms with Gasteiger partial charge in [0.1, 0.15) is 0 Å². The molecule has 3 nitrogen and oxygen atoms in total. The zero-order valence-electron chi connectivity index (χ0n) is 12.8. The molecule has 1 heterocycles. The van der Waals surface area contributed by atoms with Crippen LogP contribution >= 0.6 is 22.9 Å². The molecule has 0 atom stereocenters. The molecule has 0 radical (unpaired) electrons. The van der Waals surface area contributed by atoms with Gasteiger partial charge in [0.25, 0.3) is 0 Å². The molecule has 0 N–H and O–H groups in total. The van der Waals surface area contributed by atoms with Gasteiger partial charge in [-0.3, -0.25) is 4.79 Å². The largest absolute Gasteiger partial charge is 0.341 e. The molecule has 0 bridgehead atoms. The predicted octanol–water partition coefficient (Wildman–Crippen LogP) is 4.54. The van der Waals surface area contributed by atoms with Crippen LogP contribution in [0.15, 0.2) is 48.5 Å². The summed E-state index contributed by atoms with van der Waals surface area (Å²) in [5.41, 5.74) is 2.08. The van der Waals surface area contributed by atoms with Crippen molar-refractivity contribution in [2.24, 2.45) is 0 Å². The van der Waals surface area contributed by atoms with E-state index in [1.54, 1.807) is 16.2 Å².